The third-order valence-electron chi connectivity index (χ3n) is 2.94. The van der Waals surface area contributed by atoms with Crippen LogP contribution in [0, 0.1) is 17.8 Å². The van der Waals surface area contributed by atoms with Crippen molar-refractivity contribution in [1.82, 2.24) is 4.90 Å². The molecule has 2 heteroatoms. The van der Waals surface area contributed by atoms with E-state index in [2.05, 4.69) is 18.7 Å². The van der Waals surface area contributed by atoms with E-state index in [-0.39, 0.29) is 0 Å². The van der Waals surface area contributed by atoms with Gasteiger partial charge in [-0.3, -0.25) is 0 Å². The molecule has 0 bridgehead atoms. The molecule has 12 heavy (non-hydrogen) atoms. The molecule has 2 saturated heterocycles. The van der Waals surface area contributed by atoms with Crippen molar-refractivity contribution in [1.29, 1.82) is 0 Å². The molecule has 0 aromatic heterocycles. The van der Waals surface area contributed by atoms with Crippen LogP contribution >= 0.6 is 0 Å². The number of likely N-dealkylation sites (tertiary alicyclic amines) is 1. The van der Waals surface area contributed by atoms with Gasteiger partial charge in [0.1, 0.15) is 0 Å². The third-order valence-corrected chi connectivity index (χ3v) is 2.94. The van der Waals surface area contributed by atoms with E-state index in [0.29, 0.717) is 0 Å². The van der Waals surface area contributed by atoms with Crippen molar-refractivity contribution in [3.63, 3.8) is 0 Å². The second-order valence-electron chi connectivity index (χ2n) is 4.67. The summed E-state index contributed by atoms with van der Waals surface area (Å²) in [5.74, 6) is 2.51. The summed E-state index contributed by atoms with van der Waals surface area (Å²) in [6, 6.07) is 0. The fourth-order valence-corrected chi connectivity index (χ4v) is 2.45. The second-order valence-corrected chi connectivity index (χ2v) is 4.67. The van der Waals surface area contributed by atoms with Crippen LogP contribution in [0.15, 0.2) is 0 Å². The highest BCUT2D eigenvalue weighted by atomic mass is 16.5. The number of ether oxygens (including phenoxy) is 1. The van der Waals surface area contributed by atoms with Crippen LogP contribution in [0.2, 0.25) is 0 Å². The number of rotatable bonds is 2. The van der Waals surface area contributed by atoms with Gasteiger partial charge >= 0.3 is 0 Å². The molecule has 0 amide bonds. The van der Waals surface area contributed by atoms with E-state index in [4.69, 9.17) is 4.74 Å². The molecule has 2 heterocycles. The van der Waals surface area contributed by atoms with Crippen molar-refractivity contribution >= 4 is 0 Å². The van der Waals surface area contributed by atoms with E-state index >= 15 is 0 Å². The molecule has 2 rings (SSSR count). The fraction of sp³-hybridized carbons (Fsp3) is 1.00. The lowest BCUT2D eigenvalue weighted by atomic mass is 10.0. The maximum Gasteiger partial charge on any atom is 0.0510 e. The molecular formula is C10H19NO. The first-order valence-electron chi connectivity index (χ1n) is 5.06. The zero-order valence-electron chi connectivity index (χ0n) is 8.12. The van der Waals surface area contributed by atoms with E-state index < -0.39 is 0 Å². The highest BCUT2D eigenvalue weighted by Crippen LogP contribution is 2.29. The predicted molar refractivity (Wildman–Crippen MR) is 49.1 cm³/mol. The van der Waals surface area contributed by atoms with Gasteiger partial charge in [-0.1, -0.05) is 13.8 Å². The van der Waals surface area contributed by atoms with Crippen molar-refractivity contribution in [2.75, 3.05) is 32.8 Å². The van der Waals surface area contributed by atoms with Gasteiger partial charge < -0.3 is 9.64 Å². The minimum Gasteiger partial charge on any atom is -0.381 e. The summed E-state index contributed by atoms with van der Waals surface area (Å²) in [5, 5.41) is 0. The highest BCUT2D eigenvalue weighted by molar-refractivity contribution is 4.87. The van der Waals surface area contributed by atoms with Gasteiger partial charge in [0.15, 0.2) is 0 Å². The minimum absolute atomic E-state index is 0.810. The van der Waals surface area contributed by atoms with Crippen LogP contribution in [0.3, 0.4) is 0 Å². The topological polar surface area (TPSA) is 12.5 Å². The first-order valence-corrected chi connectivity index (χ1v) is 5.06. The van der Waals surface area contributed by atoms with Gasteiger partial charge in [0, 0.05) is 31.5 Å². The van der Waals surface area contributed by atoms with Crippen LogP contribution in [-0.4, -0.2) is 37.7 Å². The molecule has 0 unspecified atom stereocenters. The Morgan fingerprint density at radius 3 is 2.33 bits per heavy atom. The van der Waals surface area contributed by atoms with E-state index in [1.54, 1.807) is 0 Å². The van der Waals surface area contributed by atoms with Crippen LogP contribution in [0.1, 0.15) is 13.8 Å². The standard InChI is InChI=1S/C10H19NO/c1-8(2)3-11-4-9-6-12-7-10(9)5-11/h8-10H,3-7H2,1-2H3/t9-,10+. The maximum atomic E-state index is 5.44. The number of hydrogen-bond acceptors (Lipinski definition) is 2. The van der Waals surface area contributed by atoms with Gasteiger partial charge in [-0.2, -0.15) is 0 Å². The molecule has 0 N–H and O–H groups in total. The van der Waals surface area contributed by atoms with E-state index in [1.165, 1.54) is 19.6 Å². The fourth-order valence-electron chi connectivity index (χ4n) is 2.45. The van der Waals surface area contributed by atoms with Gasteiger partial charge in [0.2, 0.25) is 0 Å². The van der Waals surface area contributed by atoms with Crippen LogP contribution in [-0.2, 0) is 4.74 Å². The maximum absolute atomic E-state index is 5.44. The SMILES string of the molecule is CC(C)CN1C[C@H]2COC[C@H]2C1. The van der Waals surface area contributed by atoms with Crippen LogP contribution < -0.4 is 0 Å². The average Bonchev–Trinajstić information content (AvgIpc) is 2.43. The Kier molecular flexibility index (Phi) is 2.37. The molecule has 2 aliphatic rings. The number of nitrogens with zero attached hydrogens (tertiary/aromatic N) is 1. The lowest BCUT2D eigenvalue weighted by Gasteiger charge is -2.18. The summed E-state index contributed by atoms with van der Waals surface area (Å²) >= 11 is 0. The van der Waals surface area contributed by atoms with Crippen molar-refractivity contribution in [3.05, 3.63) is 0 Å². The molecule has 0 aromatic carbocycles. The molecule has 0 aliphatic carbocycles. The Morgan fingerprint density at radius 1 is 1.25 bits per heavy atom. The summed E-state index contributed by atoms with van der Waals surface area (Å²) < 4.78 is 5.44. The van der Waals surface area contributed by atoms with Crippen molar-refractivity contribution in [3.8, 4) is 0 Å². The normalized spacial score (nSPS) is 36.2. The zero-order chi connectivity index (χ0) is 8.55. The second kappa shape index (κ2) is 3.35. The molecule has 2 aliphatic heterocycles. The molecule has 2 atom stereocenters. The summed E-state index contributed by atoms with van der Waals surface area (Å²) in [5.41, 5.74) is 0. The van der Waals surface area contributed by atoms with Crippen molar-refractivity contribution in [2.45, 2.75) is 13.8 Å². The Bertz CT molecular complexity index is 146. The first-order chi connectivity index (χ1) is 5.75. The van der Waals surface area contributed by atoms with Gasteiger partial charge in [-0.05, 0) is 5.92 Å². The number of fused-ring (bicyclic) bond motifs is 1. The molecule has 0 spiro atoms. The monoisotopic (exact) mass is 169 g/mol. The largest absolute Gasteiger partial charge is 0.381 e. The lowest BCUT2D eigenvalue weighted by molar-refractivity contribution is 0.151. The van der Waals surface area contributed by atoms with Crippen molar-refractivity contribution < 1.29 is 4.74 Å². The molecular weight excluding hydrogens is 150 g/mol. The molecule has 2 nitrogen and oxygen atoms in total. The van der Waals surface area contributed by atoms with E-state index in [1.807, 2.05) is 0 Å². The molecule has 0 aromatic rings. The summed E-state index contributed by atoms with van der Waals surface area (Å²) in [6.45, 7) is 10.5. The molecule has 0 radical (unpaired) electrons. The van der Waals surface area contributed by atoms with Gasteiger partial charge in [0.25, 0.3) is 0 Å². The van der Waals surface area contributed by atoms with Gasteiger partial charge in [-0.15, -0.1) is 0 Å². The Labute approximate surface area is 74.9 Å². The third kappa shape index (κ3) is 1.64. The van der Waals surface area contributed by atoms with Gasteiger partial charge in [0.05, 0.1) is 13.2 Å². The smallest absolute Gasteiger partial charge is 0.0510 e. The Morgan fingerprint density at radius 2 is 1.83 bits per heavy atom. The quantitative estimate of drug-likeness (QED) is 0.616. The summed E-state index contributed by atoms with van der Waals surface area (Å²) in [6.07, 6.45) is 0. The van der Waals surface area contributed by atoms with Crippen LogP contribution in [0.5, 0.6) is 0 Å². The highest BCUT2D eigenvalue weighted by Gasteiger charge is 2.36. The summed E-state index contributed by atoms with van der Waals surface area (Å²) in [7, 11) is 0. The predicted octanol–water partition coefficient (Wildman–Crippen LogP) is 1.22. The first kappa shape index (κ1) is 8.52. The average molecular weight is 169 g/mol. The van der Waals surface area contributed by atoms with Crippen LogP contribution in [0.25, 0.3) is 0 Å². The van der Waals surface area contributed by atoms with Crippen molar-refractivity contribution in [2.24, 2.45) is 17.8 Å². The Balaban J connectivity index is 1.82. The summed E-state index contributed by atoms with van der Waals surface area (Å²) in [4.78, 5) is 2.60. The molecule has 2 fully saturated rings. The van der Waals surface area contributed by atoms with E-state index in [9.17, 15) is 0 Å². The minimum atomic E-state index is 0.810. The number of hydrogen-bond donors (Lipinski definition) is 0. The van der Waals surface area contributed by atoms with E-state index in [0.717, 1.165) is 31.0 Å². The van der Waals surface area contributed by atoms with Gasteiger partial charge in [-0.25, -0.2) is 0 Å². The Hall–Kier alpha value is -0.0800. The molecule has 70 valence electrons. The molecule has 0 saturated carbocycles. The zero-order valence-corrected chi connectivity index (χ0v) is 8.12. The van der Waals surface area contributed by atoms with Crippen LogP contribution in [0.4, 0.5) is 0 Å². The lowest BCUT2D eigenvalue weighted by Crippen LogP contribution is -2.26.